The van der Waals surface area contributed by atoms with Gasteiger partial charge in [0.05, 0.1) is 0 Å². The van der Waals surface area contributed by atoms with Crippen LogP contribution in [0.5, 0.6) is 0 Å². The van der Waals surface area contributed by atoms with Gasteiger partial charge in [-0.05, 0) is 30.7 Å². The van der Waals surface area contributed by atoms with Crippen molar-refractivity contribution in [3.05, 3.63) is 35.9 Å². The Labute approximate surface area is 145 Å². The second-order valence-electron chi connectivity index (χ2n) is 6.83. The SMILES string of the molecule is CC(C)N[C@@H](CCO)[C@@H]1CCCN(C(=O)OCc2ccccc2)C1. The summed E-state index contributed by atoms with van der Waals surface area (Å²) < 4.78 is 5.45. The first kappa shape index (κ1) is 18.7. The normalized spacial score (nSPS) is 19.3. The van der Waals surface area contributed by atoms with Crippen LogP contribution in [0, 0.1) is 5.92 Å². The highest BCUT2D eigenvalue weighted by Crippen LogP contribution is 2.22. The molecular formula is C19H30N2O3. The van der Waals surface area contributed by atoms with Crippen molar-refractivity contribution >= 4 is 6.09 Å². The molecule has 0 saturated carbocycles. The Balaban J connectivity index is 1.87. The largest absolute Gasteiger partial charge is 0.445 e. The summed E-state index contributed by atoms with van der Waals surface area (Å²) in [6.07, 6.45) is 2.53. The fourth-order valence-electron chi connectivity index (χ4n) is 3.34. The summed E-state index contributed by atoms with van der Waals surface area (Å²) in [6.45, 7) is 6.14. The molecule has 134 valence electrons. The Morgan fingerprint density at radius 1 is 1.38 bits per heavy atom. The highest BCUT2D eigenvalue weighted by atomic mass is 16.6. The number of benzene rings is 1. The molecule has 0 unspecified atom stereocenters. The van der Waals surface area contributed by atoms with E-state index >= 15 is 0 Å². The maximum Gasteiger partial charge on any atom is 0.410 e. The van der Waals surface area contributed by atoms with Crippen LogP contribution in [0.1, 0.15) is 38.7 Å². The molecule has 2 N–H and O–H groups in total. The molecule has 1 heterocycles. The second kappa shape index (κ2) is 9.64. The van der Waals surface area contributed by atoms with Crippen molar-refractivity contribution in [2.75, 3.05) is 19.7 Å². The average Bonchev–Trinajstić information content (AvgIpc) is 2.60. The fourth-order valence-corrected chi connectivity index (χ4v) is 3.34. The molecule has 1 aromatic rings. The monoisotopic (exact) mass is 334 g/mol. The van der Waals surface area contributed by atoms with Crippen LogP contribution in [0.3, 0.4) is 0 Å². The lowest BCUT2D eigenvalue weighted by molar-refractivity contribution is 0.0705. The second-order valence-corrected chi connectivity index (χ2v) is 6.83. The Kier molecular flexibility index (Phi) is 7.53. The summed E-state index contributed by atoms with van der Waals surface area (Å²) >= 11 is 0. The Hall–Kier alpha value is -1.59. The van der Waals surface area contributed by atoms with E-state index < -0.39 is 0 Å². The third-order valence-corrected chi connectivity index (χ3v) is 4.48. The average molecular weight is 334 g/mol. The lowest BCUT2D eigenvalue weighted by Crippen LogP contribution is -2.49. The maximum atomic E-state index is 12.4. The minimum atomic E-state index is -0.240. The van der Waals surface area contributed by atoms with Gasteiger partial charge in [0, 0.05) is 31.8 Å². The van der Waals surface area contributed by atoms with Gasteiger partial charge in [-0.15, -0.1) is 0 Å². The first-order valence-electron chi connectivity index (χ1n) is 8.92. The maximum absolute atomic E-state index is 12.4. The van der Waals surface area contributed by atoms with E-state index in [2.05, 4.69) is 19.2 Å². The van der Waals surface area contributed by atoms with Crippen LogP contribution in [0.4, 0.5) is 4.79 Å². The van der Waals surface area contributed by atoms with Crippen molar-refractivity contribution in [1.29, 1.82) is 0 Å². The van der Waals surface area contributed by atoms with E-state index in [4.69, 9.17) is 4.74 Å². The first-order chi connectivity index (χ1) is 11.6. The number of hydrogen-bond donors (Lipinski definition) is 2. The molecular weight excluding hydrogens is 304 g/mol. The van der Waals surface area contributed by atoms with Crippen LogP contribution in [-0.4, -0.2) is 47.9 Å². The van der Waals surface area contributed by atoms with Crippen molar-refractivity contribution in [2.45, 2.75) is 51.8 Å². The molecule has 1 aliphatic rings. The summed E-state index contributed by atoms with van der Waals surface area (Å²) in [5.74, 6) is 0.359. The Bertz CT molecular complexity index is 493. The lowest BCUT2D eigenvalue weighted by atomic mass is 9.88. The van der Waals surface area contributed by atoms with Crippen molar-refractivity contribution in [2.24, 2.45) is 5.92 Å². The van der Waals surface area contributed by atoms with Gasteiger partial charge in [-0.1, -0.05) is 44.2 Å². The predicted octanol–water partition coefficient (Wildman–Crippen LogP) is 2.78. The summed E-state index contributed by atoms with van der Waals surface area (Å²) in [4.78, 5) is 14.2. The number of nitrogens with zero attached hydrogens (tertiary/aromatic N) is 1. The van der Waals surface area contributed by atoms with E-state index in [0.29, 0.717) is 25.1 Å². The summed E-state index contributed by atoms with van der Waals surface area (Å²) in [7, 11) is 0. The third-order valence-electron chi connectivity index (χ3n) is 4.48. The summed E-state index contributed by atoms with van der Waals surface area (Å²) in [6, 6.07) is 10.3. The van der Waals surface area contributed by atoms with E-state index in [1.165, 1.54) is 0 Å². The van der Waals surface area contributed by atoms with Gasteiger partial charge in [0.2, 0.25) is 0 Å². The van der Waals surface area contributed by atoms with Crippen molar-refractivity contribution < 1.29 is 14.6 Å². The zero-order valence-electron chi connectivity index (χ0n) is 14.8. The van der Waals surface area contributed by atoms with E-state index in [0.717, 1.165) is 31.4 Å². The van der Waals surface area contributed by atoms with Crippen LogP contribution >= 0.6 is 0 Å². The van der Waals surface area contributed by atoms with Crippen LogP contribution in [-0.2, 0) is 11.3 Å². The molecule has 5 nitrogen and oxygen atoms in total. The summed E-state index contributed by atoms with van der Waals surface area (Å²) in [5, 5.41) is 12.8. The van der Waals surface area contributed by atoms with Gasteiger partial charge < -0.3 is 20.1 Å². The van der Waals surface area contributed by atoms with Gasteiger partial charge in [0.1, 0.15) is 6.61 Å². The van der Waals surface area contributed by atoms with Gasteiger partial charge >= 0.3 is 6.09 Å². The highest BCUT2D eigenvalue weighted by Gasteiger charge is 2.30. The zero-order chi connectivity index (χ0) is 17.4. The number of piperidine rings is 1. The molecule has 2 rings (SSSR count). The molecule has 0 aliphatic carbocycles. The zero-order valence-corrected chi connectivity index (χ0v) is 14.8. The molecule has 1 aromatic carbocycles. The van der Waals surface area contributed by atoms with Crippen molar-refractivity contribution in [3.63, 3.8) is 0 Å². The molecule has 0 radical (unpaired) electrons. The minimum absolute atomic E-state index is 0.166. The van der Waals surface area contributed by atoms with Crippen LogP contribution < -0.4 is 5.32 Å². The molecule has 2 atom stereocenters. The van der Waals surface area contributed by atoms with Crippen LogP contribution in [0.25, 0.3) is 0 Å². The number of amides is 1. The van der Waals surface area contributed by atoms with E-state index in [9.17, 15) is 9.90 Å². The molecule has 0 aromatic heterocycles. The van der Waals surface area contributed by atoms with Gasteiger partial charge in [-0.2, -0.15) is 0 Å². The number of aliphatic hydroxyl groups is 1. The number of likely N-dealkylation sites (tertiary alicyclic amines) is 1. The molecule has 1 fully saturated rings. The molecule has 0 spiro atoms. The smallest absolute Gasteiger partial charge is 0.410 e. The van der Waals surface area contributed by atoms with Gasteiger partial charge in [-0.25, -0.2) is 4.79 Å². The molecule has 1 saturated heterocycles. The molecule has 0 bridgehead atoms. The lowest BCUT2D eigenvalue weighted by Gasteiger charge is -2.37. The number of aliphatic hydroxyl groups excluding tert-OH is 1. The first-order valence-corrected chi connectivity index (χ1v) is 8.92. The molecule has 1 amide bonds. The number of ether oxygens (including phenoxy) is 1. The quantitative estimate of drug-likeness (QED) is 0.805. The van der Waals surface area contributed by atoms with E-state index in [1.807, 2.05) is 35.2 Å². The van der Waals surface area contributed by atoms with Crippen molar-refractivity contribution in [3.8, 4) is 0 Å². The van der Waals surface area contributed by atoms with Crippen LogP contribution in [0.2, 0.25) is 0 Å². The number of rotatable bonds is 7. The van der Waals surface area contributed by atoms with Crippen LogP contribution in [0.15, 0.2) is 30.3 Å². The Morgan fingerprint density at radius 3 is 2.79 bits per heavy atom. The summed E-state index contributed by atoms with van der Waals surface area (Å²) in [5.41, 5.74) is 0.999. The predicted molar refractivity (Wildman–Crippen MR) is 94.7 cm³/mol. The molecule has 5 heteroatoms. The standard InChI is InChI=1S/C19H30N2O3/c1-15(2)20-18(10-12-22)17-9-6-11-21(13-17)19(23)24-14-16-7-4-3-5-8-16/h3-5,7-8,15,17-18,20,22H,6,9-14H2,1-2H3/t17-,18+/m1/s1. The number of hydrogen-bond acceptors (Lipinski definition) is 4. The topological polar surface area (TPSA) is 61.8 Å². The number of carbonyl (C=O) groups is 1. The van der Waals surface area contributed by atoms with Gasteiger partial charge in [0.15, 0.2) is 0 Å². The third kappa shape index (κ3) is 5.80. The highest BCUT2D eigenvalue weighted by molar-refractivity contribution is 5.67. The molecule has 24 heavy (non-hydrogen) atoms. The Morgan fingerprint density at radius 2 is 2.12 bits per heavy atom. The van der Waals surface area contributed by atoms with Crippen molar-refractivity contribution in [1.82, 2.24) is 10.2 Å². The fraction of sp³-hybridized carbons (Fsp3) is 0.632. The number of carbonyl (C=O) groups excluding carboxylic acids is 1. The molecule has 1 aliphatic heterocycles. The van der Waals surface area contributed by atoms with E-state index in [-0.39, 0.29) is 18.7 Å². The number of nitrogens with one attached hydrogen (secondary N) is 1. The van der Waals surface area contributed by atoms with Gasteiger partial charge in [-0.3, -0.25) is 0 Å². The van der Waals surface area contributed by atoms with Gasteiger partial charge in [0.25, 0.3) is 0 Å². The minimum Gasteiger partial charge on any atom is -0.445 e. The van der Waals surface area contributed by atoms with E-state index in [1.54, 1.807) is 0 Å².